The molecule has 3 aromatic heterocycles. The first-order valence-electron chi connectivity index (χ1n) is 10.4. The minimum atomic E-state index is -0.295. The summed E-state index contributed by atoms with van der Waals surface area (Å²) in [5.74, 6) is 1.01. The standard InChI is InChI=1S/C23H20N8O2/c1-12-20(30-21(27-12)22(32)26-11-14-5-6-25-17(7-14)10-24)15-3-4-18-16(8-15)9-19(29-18)23-28-13(2)31-33-23/h3-9,12,20,29H,11H2,1-2H3,(H,26,32)(H,27,30). The van der Waals surface area contributed by atoms with Gasteiger partial charge in [-0.05, 0) is 55.3 Å². The summed E-state index contributed by atoms with van der Waals surface area (Å²) in [7, 11) is 0. The van der Waals surface area contributed by atoms with Crippen LogP contribution in [0.3, 0.4) is 0 Å². The number of nitrogens with one attached hydrogen (secondary N) is 3. The van der Waals surface area contributed by atoms with Gasteiger partial charge in [0, 0.05) is 23.6 Å². The molecule has 2 atom stereocenters. The van der Waals surface area contributed by atoms with Crippen LogP contribution in [0.5, 0.6) is 0 Å². The SMILES string of the molecule is Cc1noc(-c2cc3cc(C4N=C(C(=O)NCc5ccnc(C#N)c5)NC4C)ccc3[nH]2)n1. The number of fused-ring (bicyclic) bond motifs is 1. The number of rotatable bonds is 5. The van der Waals surface area contributed by atoms with Gasteiger partial charge in [-0.15, -0.1) is 0 Å². The number of H-pyrrole nitrogens is 1. The maximum Gasteiger partial charge on any atom is 0.286 e. The van der Waals surface area contributed by atoms with E-state index in [0.29, 0.717) is 23.2 Å². The molecule has 3 N–H and O–H groups in total. The number of hydrogen-bond donors (Lipinski definition) is 3. The summed E-state index contributed by atoms with van der Waals surface area (Å²) in [6, 6.07) is 13.1. The van der Waals surface area contributed by atoms with Crippen molar-refractivity contribution < 1.29 is 9.32 Å². The van der Waals surface area contributed by atoms with Crippen molar-refractivity contribution in [2.75, 3.05) is 0 Å². The van der Waals surface area contributed by atoms with E-state index < -0.39 is 0 Å². The van der Waals surface area contributed by atoms with Gasteiger partial charge in [0.1, 0.15) is 17.5 Å². The summed E-state index contributed by atoms with van der Waals surface area (Å²) in [5, 5.41) is 19.8. The average molecular weight is 440 g/mol. The van der Waals surface area contributed by atoms with Crippen molar-refractivity contribution in [1.82, 2.24) is 30.7 Å². The molecule has 1 aliphatic heterocycles. The molecule has 164 valence electrons. The highest BCUT2D eigenvalue weighted by molar-refractivity contribution is 6.38. The molecule has 4 aromatic rings. The van der Waals surface area contributed by atoms with Crippen molar-refractivity contribution in [2.24, 2.45) is 4.99 Å². The number of pyridine rings is 1. The number of hydrogen-bond acceptors (Lipinski definition) is 8. The molecule has 0 aliphatic carbocycles. The van der Waals surface area contributed by atoms with Crippen molar-refractivity contribution in [3.05, 3.63) is 65.2 Å². The number of aromatic amines is 1. The Labute approximate surface area is 188 Å². The number of benzene rings is 1. The zero-order chi connectivity index (χ0) is 22.9. The smallest absolute Gasteiger partial charge is 0.286 e. The number of amidine groups is 1. The number of carbonyl (C=O) groups is 1. The van der Waals surface area contributed by atoms with Crippen LogP contribution in [0.15, 0.2) is 52.1 Å². The van der Waals surface area contributed by atoms with E-state index in [9.17, 15) is 4.79 Å². The summed E-state index contributed by atoms with van der Waals surface area (Å²) < 4.78 is 5.25. The van der Waals surface area contributed by atoms with E-state index in [1.807, 2.05) is 37.3 Å². The molecule has 1 amide bonds. The molecule has 2 unspecified atom stereocenters. The Kier molecular flexibility index (Phi) is 5.06. The number of nitriles is 1. The normalized spacial score (nSPS) is 17.4. The third-order valence-electron chi connectivity index (χ3n) is 5.46. The Bertz CT molecular complexity index is 1430. The van der Waals surface area contributed by atoms with Crippen molar-refractivity contribution in [3.63, 3.8) is 0 Å². The first-order valence-corrected chi connectivity index (χ1v) is 10.4. The molecule has 1 aromatic carbocycles. The zero-order valence-corrected chi connectivity index (χ0v) is 18.0. The molecule has 10 nitrogen and oxygen atoms in total. The van der Waals surface area contributed by atoms with Gasteiger partial charge in [-0.25, -0.2) is 4.98 Å². The lowest BCUT2D eigenvalue weighted by molar-refractivity contribution is -0.115. The van der Waals surface area contributed by atoms with Crippen molar-refractivity contribution >= 4 is 22.6 Å². The maximum absolute atomic E-state index is 12.7. The van der Waals surface area contributed by atoms with Crippen LogP contribution in [0.2, 0.25) is 0 Å². The highest BCUT2D eigenvalue weighted by atomic mass is 16.5. The monoisotopic (exact) mass is 440 g/mol. The lowest BCUT2D eigenvalue weighted by Gasteiger charge is -2.14. The first kappa shape index (κ1) is 20.4. The number of carbonyl (C=O) groups excluding carboxylic acids is 1. The fourth-order valence-corrected chi connectivity index (χ4v) is 3.84. The fraction of sp³-hybridized carbons (Fsp3) is 0.217. The second-order valence-electron chi connectivity index (χ2n) is 7.88. The van der Waals surface area contributed by atoms with Gasteiger partial charge in [0.05, 0.1) is 12.1 Å². The molecule has 10 heteroatoms. The van der Waals surface area contributed by atoms with Gasteiger partial charge in [0.25, 0.3) is 11.8 Å². The average Bonchev–Trinajstić information content (AvgIpc) is 3.54. The van der Waals surface area contributed by atoms with Crippen LogP contribution in [-0.4, -0.2) is 37.9 Å². The summed E-state index contributed by atoms with van der Waals surface area (Å²) in [6.45, 7) is 4.04. The Balaban J connectivity index is 1.33. The lowest BCUT2D eigenvalue weighted by atomic mass is 10.0. The van der Waals surface area contributed by atoms with Crippen LogP contribution in [0.1, 0.15) is 35.6 Å². The fourth-order valence-electron chi connectivity index (χ4n) is 3.84. The second kappa shape index (κ2) is 8.20. The van der Waals surface area contributed by atoms with E-state index in [-0.39, 0.29) is 24.5 Å². The van der Waals surface area contributed by atoms with Gasteiger partial charge in [-0.1, -0.05) is 11.2 Å². The van der Waals surface area contributed by atoms with E-state index >= 15 is 0 Å². The molecule has 0 saturated heterocycles. The van der Waals surface area contributed by atoms with Gasteiger partial charge in [0.15, 0.2) is 11.7 Å². The molecule has 0 saturated carbocycles. The Hall–Kier alpha value is -4.52. The van der Waals surface area contributed by atoms with Crippen LogP contribution in [0.4, 0.5) is 0 Å². The predicted octanol–water partition coefficient (Wildman–Crippen LogP) is 2.54. The topological polar surface area (TPSA) is 145 Å². The number of amides is 1. The summed E-state index contributed by atoms with van der Waals surface area (Å²) >= 11 is 0. The molecule has 1 aliphatic rings. The highest BCUT2D eigenvalue weighted by Crippen LogP contribution is 2.30. The molecule has 4 heterocycles. The number of aromatic nitrogens is 4. The summed E-state index contributed by atoms with van der Waals surface area (Å²) in [6.07, 6.45) is 1.55. The number of nitrogens with zero attached hydrogens (tertiary/aromatic N) is 5. The molecule has 0 radical (unpaired) electrons. The molecular weight excluding hydrogens is 420 g/mol. The molecule has 0 spiro atoms. The van der Waals surface area contributed by atoms with Crippen molar-refractivity contribution in [1.29, 1.82) is 5.26 Å². The van der Waals surface area contributed by atoms with Crippen LogP contribution in [0.25, 0.3) is 22.5 Å². The molecular formula is C23H20N8O2. The minimum absolute atomic E-state index is 0.0497. The zero-order valence-electron chi connectivity index (χ0n) is 18.0. The minimum Gasteiger partial charge on any atom is -0.361 e. The Morgan fingerprint density at radius 2 is 2.15 bits per heavy atom. The predicted molar refractivity (Wildman–Crippen MR) is 120 cm³/mol. The van der Waals surface area contributed by atoms with Crippen LogP contribution in [-0.2, 0) is 11.3 Å². The van der Waals surface area contributed by atoms with E-state index in [1.54, 1.807) is 25.3 Å². The highest BCUT2D eigenvalue weighted by Gasteiger charge is 2.30. The molecule has 33 heavy (non-hydrogen) atoms. The van der Waals surface area contributed by atoms with Gasteiger partial charge >= 0.3 is 0 Å². The van der Waals surface area contributed by atoms with Gasteiger partial charge < -0.3 is 20.1 Å². The third kappa shape index (κ3) is 4.04. The van der Waals surface area contributed by atoms with Gasteiger partial charge in [0.2, 0.25) is 0 Å². The molecule has 0 bridgehead atoms. The van der Waals surface area contributed by atoms with E-state index in [2.05, 4.69) is 35.7 Å². The summed E-state index contributed by atoms with van der Waals surface area (Å²) in [5.41, 5.74) is 3.79. The number of aryl methyl sites for hydroxylation is 1. The third-order valence-corrected chi connectivity index (χ3v) is 5.46. The molecule has 0 fully saturated rings. The summed E-state index contributed by atoms with van der Waals surface area (Å²) in [4.78, 5) is 28.8. The van der Waals surface area contributed by atoms with Gasteiger partial charge in [-0.3, -0.25) is 9.79 Å². The van der Waals surface area contributed by atoms with Crippen LogP contribution >= 0.6 is 0 Å². The lowest BCUT2D eigenvalue weighted by Crippen LogP contribution is -2.40. The second-order valence-corrected chi connectivity index (χ2v) is 7.88. The largest absolute Gasteiger partial charge is 0.361 e. The Morgan fingerprint density at radius 1 is 1.27 bits per heavy atom. The van der Waals surface area contributed by atoms with Crippen molar-refractivity contribution in [3.8, 4) is 17.7 Å². The van der Waals surface area contributed by atoms with Gasteiger partial charge in [-0.2, -0.15) is 10.2 Å². The van der Waals surface area contributed by atoms with E-state index in [1.165, 1.54) is 0 Å². The van der Waals surface area contributed by atoms with Crippen molar-refractivity contribution in [2.45, 2.75) is 32.5 Å². The van der Waals surface area contributed by atoms with E-state index in [0.717, 1.165) is 27.7 Å². The Morgan fingerprint density at radius 3 is 2.94 bits per heavy atom. The van der Waals surface area contributed by atoms with E-state index in [4.69, 9.17) is 9.78 Å². The number of aliphatic imine (C=N–C) groups is 1. The molecule has 5 rings (SSSR count). The quantitative estimate of drug-likeness (QED) is 0.432. The van der Waals surface area contributed by atoms with Crippen LogP contribution in [0, 0.1) is 18.3 Å². The van der Waals surface area contributed by atoms with Crippen LogP contribution < -0.4 is 10.6 Å². The first-order chi connectivity index (χ1) is 16.0. The maximum atomic E-state index is 12.7.